The normalized spacial score (nSPS) is 38.4. The van der Waals surface area contributed by atoms with Gasteiger partial charge in [0.2, 0.25) is 11.8 Å². The summed E-state index contributed by atoms with van der Waals surface area (Å²) in [5, 5.41) is 5.92. The molecule has 2 N–H and O–H groups in total. The van der Waals surface area contributed by atoms with E-state index in [1.807, 2.05) is 0 Å². The first-order valence-corrected chi connectivity index (χ1v) is 8.43. The SMILES string of the molecule is C=CC(=O)NC[C@H]1C[C@@H]2[C@H](C1)[C@H]1C[C@H](CNC(=O)C=C)[C@H]2C1. The monoisotopic (exact) mass is 302 g/mol. The molecule has 0 unspecified atom stereocenters. The number of amides is 2. The van der Waals surface area contributed by atoms with Crippen LogP contribution in [-0.4, -0.2) is 24.9 Å². The molecule has 120 valence electrons. The van der Waals surface area contributed by atoms with Crippen molar-refractivity contribution in [2.45, 2.75) is 25.7 Å². The van der Waals surface area contributed by atoms with Gasteiger partial charge in [-0.3, -0.25) is 9.59 Å². The third-order valence-electron chi connectivity index (χ3n) is 6.18. The van der Waals surface area contributed by atoms with E-state index in [1.165, 1.54) is 37.8 Å². The molecule has 3 aliphatic carbocycles. The number of carbonyl (C=O) groups is 2. The largest absolute Gasteiger partial charge is 0.352 e. The number of carbonyl (C=O) groups excluding carboxylic acids is 2. The van der Waals surface area contributed by atoms with Crippen LogP contribution in [0.1, 0.15) is 25.7 Å². The maximum Gasteiger partial charge on any atom is 0.243 e. The molecule has 0 aromatic carbocycles. The molecule has 0 aliphatic heterocycles. The average molecular weight is 302 g/mol. The van der Waals surface area contributed by atoms with Crippen molar-refractivity contribution >= 4 is 11.8 Å². The van der Waals surface area contributed by atoms with Gasteiger partial charge in [0, 0.05) is 13.1 Å². The lowest BCUT2D eigenvalue weighted by Crippen LogP contribution is -2.34. The maximum atomic E-state index is 11.4. The van der Waals surface area contributed by atoms with Gasteiger partial charge in [0.25, 0.3) is 0 Å². The molecule has 2 bridgehead atoms. The van der Waals surface area contributed by atoms with Crippen LogP contribution in [0.25, 0.3) is 0 Å². The van der Waals surface area contributed by atoms with Gasteiger partial charge in [-0.1, -0.05) is 13.2 Å². The smallest absolute Gasteiger partial charge is 0.243 e. The van der Waals surface area contributed by atoms with E-state index >= 15 is 0 Å². The first-order chi connectivity index (χ1) is 10.6. The van der Waals surface area contributed by atoms with Gasteiger partial charge in [-0.15, -0.1) is 0 Å². The molecule has 3 fully saturated rings. The van der Waals surface area contributed by atoms with E-state index in [0.29, 0.717) is 11.8 Å². The van der Waals surface area contributed by atoms with Crippen LogP contribution in [0.5, 0.6) is 0 Å². The standard InChI is InChI=1S/C18H26N2O2/c1-3-17(21)19-9-11-5-14-12-7-13(10-20-18(22)4-2)15(8-12)16(14)6-11/h3-4,11-16H,1-2,5-10H2,(H,19,21)(H,20,22)/t11-,12+,13-,14-,15-,16-/m1/s1. The van der Waals surface area contributed by atoms with E-state index in [0.717, 1.165) is 36.8 Å². The maximum absolute atomic E-state index is 11.4. The summed E-state index contributed by atoms with van der Waals surface area (Å²) >= 11 is 0. The second kappa shape index (κ2) is 6.27. The molecule has 22 heavy (non-hydrogen) atoms. The molecular formula is C18H26N2O2. The predicted molar refractivity (Wildman–Crippen MR) is 85.8 cm³/mol. The summed E-state index contributed by atoms with van der Waals surface area (Å²) in [6.07, 6.45) is 7.79. The molecule has 0 aromatic heterocycles. The summed E-state index contributed by atoms with van der Waals surface area (Å²) in [6.45, 7) is 8.59. The fraction of sp³-hybridized carbons (Fsp3) is 0.667. The molecule has 0 aromatic rings. The Kier molecular flexibility index (Phi) is 4.37. The quantitative estimate of drug-likeness (QED) is 0.736. The minimum Gasteiger partial charge on any atom is -0.352 e. The van der Waals surface area contributed by atoms with Gasteiger partial charge in [0.1, 0.15) is 0 Å². The number of hydrogen-bond acceptors (Lipinski definition) is 2. The Hall–Kier alpha value is -1.58. The van der Waals surface area contributed by atoms with Gasteiger partial charge in [-0.05, 0) is 73.3 Å². The summed E-state index contributed by atoms with van der Waals surface area (Å²) in [5.41, 5.74) is 0. The average Bonchev–Trinajstić information content (AvgIpc) is 3.20. The Morgan fingerprint density at radius 2 is 1.50 bits per heavy atom. The third-order valence-corrected chi connectivity index (χ3v) is 6.18. The van der Waals surface area contributed by atoms with Crippen molar-refractivity contribution in [1.29, 1.82) is 0 Å². The highest BCUT2D eigenvalue weighted by Crippen LogP contribution is 2.61. The van der Waals surface area contributed by atoms with Crippen molar-refractivity contribution in [3.05, 3.63) is 25.3 Å². The summed E-state index contributed by atoms with van der Waals surface area (Å²) in [5.74, 6) is 4.38. The Morgan fingerprint density at radius 1 is 0.864 bits per heavy atom. The minimum absolute atomic E-state index is 0.0595. The summed E-state index contributed by atoms with van der Waals surface area (Å²) < 4.78 is 0. The molecule has 0 radical (unpaired) electrons. The van der Waals surface area contributed by atoms with Crippen LogP contribution in [0.15, 0.2) is 25.3 Å². The zero-order valence-electron chi connectivity index (χ0n) is 13.1. The van der Waals surface area contributed by atoms with Crippen LogP contribution in [-0.2, 0) is 9.59 Å². The second-order valence-electron chi connectivity index (χ2n) is 7.22. The van der Waals surface area contributed by atoms with Gasteiger partial charge < -0.3 is 10.6 Å². The summed E-state index contributed by atoms with van der Waals surface area (Å²) in [4.78, 5) is 22.7. The lowest BCUT2D eigenvalue weighted by Gasteiger charge is -2.31. The number of fused-ring (bicyclic) bond motifs is 5. The molecule has 3 saturated carbocycles. The van der Waals surface area contributed by atoms with Crippen LogP contribution in [0.4, 0.5) is 0 Å². The molecule has 6 atom stereocenters. The highest BCUT2D eigenvalue weighted by Gasteiger charge is 2.55. The molecule has 0 spiro atoms. The number of hydrogen-bond donors (Lipinski definition) is 2. The molecular weight excluding hydrogens is 276 g/mol. The van der Waals surface area contributed by atoms with Crippen LogP contribution in [0, 0.1) is 35.5 Å². The van der Waals surface area contributed by atoms with Crippen LogP contribution < -0.4 is 10.6 Å². The van der Waals surface area contributed by atoms with Crippen molar-refractivity contribution in [2.75, 3.05) is 13.1 Å². The molecule has 3 aliphatic rings. The van der Waals surface area contributed by atoms with Gasteiger partial charge in [0.05, 0.1) is 0 Å². The van der Waals surface area contributed by atoms with Gasteiger partial charge in [-0.2, -0.15) is 0 Å². The highest BCUT2D eigenvalue weighted by molar-refractivity contribution is 5.87. The lowest BCUT2D eigenvalue weighted by molar-refractivity contribution is -0.117. The van der Waals surface area contributed by atoms with Crippen LogP contribution in [0.2, 0.25) is 0 Å². The molecule has 3 rings (SSSR count). The van der Waals surface area contributed by atoms with E-state index in [1.54, 1.807) is 0 Å². The van der Waals surface area contributed by atoms with Crippen LogP contribution >= 0.6 is 0 Å². The van der Waals surface area contributed by atoms with E-state index in [-0.39, 0.29) is 11.8 Å². The third kappa shape index (κ3) is 2.83. The lowest BCUT2D eigenvalue weighted by atomic mass is 9.76. The zero-order chi connectivity index (χ0) is 15.7. The Balaban J connectivity index is 1.51. The highest BCUT2D eigenvalue weighted by atomic mass is 16.2. The van der Waals surface area contributed by atoms with Gasteiger partial charge in [-0.25, -0.2) is 0 Å². The van der Waals surface area contributed by atoms with Crippen molar-refractivity contribution in [3.63, 3.8) is 0 Å². The Labute approximate surface area is 132 Å². The van der Waals surface area contributed by atoms with E-state index < -0.39 is 0 Å². The molecule has 4 nitrogen and oxygen atoms in total. The first kappa shape index (κ1) is 15.3. The Morgan fingerprint density at radius 3 is 2.18 bits per heavy atom. The fourth-order valence-electron chi connectivity index (χ4n) is 5.35. The molecule has 4 heteroatoms. The topological polar surface area (TPSA) is 58.2 Å². The van der Waals surface area contributed by atoms with Crippen molar-refractivity contribution in [3.8, 4) is 0 Å². The van der Waals surface area contributed by atoms with Gasteiger partial charge >= 0.3 is 0 Å². The van der Waals surface area contributed by atoms with Crippen molar-refractivity contribution < 1.29 is 9.59 Å². The fourth-order valence-corrected chi connectivity index (χ4v) is 5.35. The summed E-state index contributed by atoms with van der Waals surface area (Å²) in [7, 11) is 0. The Bertz CT molecular complexity index is 487. The van der Waals surface area contributed by atoms with E-state index in [9.17, 15) is 9.59 Å². The number of nitrogens with one attached hydrogen (secondary N) is 2. The molecule has 0 heterocycles. The van der Waals surface area contributed by atoms with E-state index in [2.05, 4.69) is 23.8 Å². The minimum atomic E-state index is -0.0648. The molecule has 0 saturated heterocycles. The first-order valence-electron chi connectivity index (χ1n) is 8.43. The molecule has 2 amide bonds. The van der Waals surface area contributed by atoms with Crippen molar-refractivity contribution in [2.24, 2.45) is 35.5 Å². The summed E-state index contributed by atoms with van der Waals surface area (Å²) in [6, 6.07) is 0. The van der Waals surface area contributed by atoms with Crippen molar-refractivity contribution in [1.82, 2.24) is 10.6 Å². The van der Waals surface area contributed by atoms with Crippen LogP contribution in [0.3, 0.4) is 0 Å². The zero-order valence-corrected chi connectivity index (χ0v) is 13.1. The van der Waals surface area contributed by atoms with Gasteiger partial charge in [0.15, 0.2) is 0 Å². The second-order valence-corrected chi connectivity index (χ2v) is 7.22. The van der Waals surface area contributed by atoms with E-state index in [4.69, 9.17) is 0 Å². The predicted octanol–water partition coefficient (Wildman–Crippen LogP) is 1.89. The number of rotatable bonds is 6.